The van der Waals surface area contributed by atoms with Gasteiger partial charge in [0.1, 0.15) is 11.5 Å². The Bertz CT molecular complexity index is 574. The highest BCUT2D eigenvalue weighted by Gasteiger charge is 2.14. The van der Waals surface area contributed by atoms with Crippen LogP contribution in [0.15, 0.2) is 18.2 Å². The fraction of sp³-hybridized carbons (Fsp3) is 0.231. The van der Waals surface area contributed by atoms with Crippen LogP contribution < -0.4 is 10.5 Å². The minimum Gasteiger partial charge on any atom is -0.507 e. The van der Waals surface area contributed by atoms with E-state index in [1.165, 1.54) is 0 Å². The van der Waals surface area contributed by atoms with Gasteiger partial charge in [-0.05, 0) is 32.0 Å². The van der Waals surface area contributed by atoms with Crippen molar-refractivity contribution < 1.29 is 9.84 Å². The first kappa shape index (κ1) is 12.2. The van der Waals surface area contributed by atoms with Gasteiger partial charge < -0.3 is 15.6 Å². The Kier molecular flexibility index (Phi) is 3.06. The number of aryl methyl sites for hydroxylation is 2. The molecule has 3 N–H and O–H groups in total. The molecule has 5 heteroatoms. The molecule has 0 aliphatic heterocycles. The smallest absolute Gasteiger partial charge is 0.220 e. The number of phenolic OH excluding ortho intramolecular Hbond substituents is 1. The van der Waals surface area contributed by atoms with Crippen LogP contribution in [0.2, 0.25) is 0 Å². The maximum absolute atomic E-state index is 9.96. The third-order valence-corrected chi connectivity index (χ3v) is 2.76. The van der Waals surface area contributed by atoms with E-state index in [1.807, 2.05) is 13.8 Å². The van der Waals surface area contributed by atoms with E-state index in [-0.39, 0.29) is 11.7 Å². The summed E-state index contributed by atoms with van der Waals surface area (Å²) in [6.07, 6.45) is 0. The lowest BCUT2D eigenvalue weighted by molar-refractivity contribution is 0.412. The molecule has 2 aromatic rings. The van der Waals surface area contributed by atoms with E-state index in [0.29, 0.717) is 11.3 Å². The van der Waals surface area contributed by atoms with Crippen LogP contribution in [0.3, 0.4) is 0 Å². The summed E-state index contributed by atoms with van der Waals surface area (Å²) < 4.78 is 5.16. The molecule has 0 aliphatic carbocycles. The summed E-state index contributed by atoms with van der Waals surface area (Å²) in [5.74, 6) is 1.06. The molecule has 0 bridgehead atoms. The van der Waals surface area contributed by atoms with E-state index < -0.39 is 0 Å². The Hall–Kier alpha value is -2.30. The second-order valence-electron chi connectivity index (χ2n) is 4.01. The largest absolute Gasteiger partial charge is 0.507 e. The number of phenols is 1. The predicted octanol–water partition coefficient (Wildman–Crippen LogP) is 2.06. The average Bonchev–Trinajstić information content (AvgIpc) is 2.30. The second kappa shape index (κ2) is 4.52. The molecule has 0 amide bonds. The number of nitrogens with zero attached hydrogens (tertiary/aromatic N) is 2. The van der Waals surface area contributed by atoms with Gasteiger partial charge >= 0.3 is 0 Å². The predicted molar refractivity (Wildman–Crippen MR) is 69.6 cm³/mol. The topological polar surface area (TPSA) is 81.3 Å². The Morgan fingerprint density at radius 3 is 2.33 bits per heavy atom. The maximum atomic E-state index is 9.96. The molecule has 1 heterocycles. The summed E-state index contributed by atoms with van der Waals surface area (Å²) in [4.78, 5) is 8.24. The molecule has 0 saturated heterocycles. The van der Waals surface area contributed by atoms with E-state index in [9.17, 15) is 5.11 Å². The summed E-state index contributed by atoms with van der Waals surface area (Å²) in [6, 6.07) is 5.04. The van der Waals surface area contributed by atoms with E-state index >= 15 is 0 Å². The zero-order chi connectivity index (χ0) is 13.3. The molecule has 1 aromatic heterocycles. The van der Waals surface area contributed by atoms with E-state index in [1.54, 1.807) is 25.3 Å². The highest BCUT2D eigenvalue weighted by atomic mass is 16.5. The first-order valence-electron chi connectivity index (χ1n) is 5.51. The quantitative estimate of drug-likeness (QED) is 0.846. The van der Waals surface area contributed by atoms with Crippen LogP contribution in [0, 0.1) is 13.8 Å². The van der Waals surface area contributed by atoms with Crippen molar-refractivity contribution in [1.82, 2.24) is 9.97 Å². The lowest BCUT2D eigenvalue weighted by Gasteiger charge is -2.12. The van der Waals surface area contributed by atoms with Crippen LogP contribution in [0.5, 0.6) is 11.5 Å². The number of ether oxygens (including phenoxy) is 1. The third-order valence-electron chi connectivity index (χ3n) is 2.76. The summed E-state index contributed by atoms with van der Waals surface area (Å²) in [7, 11) is 1.58. The average molecular weight is 245 g/mol. The van der Waals surface area contributed by atoms with Gasteiger partial charge in [-0.25, -0.2) is 9.97 Å². The van der Waals surface area contributed by atoms with E-state index in [2.05, 4.69) is 9.97 Å². The molecular weight excluding hydrogens is 230 g/mol. The summed E-state index contributed by atoms with van der Waals surface area (Å²) in [6.45, 7) is 3.67. The normalized spacial score (nSPS) is 10.4. The fourth-order valence-corrected chi connectivity index (χ4v) is 1.97. The number of nitrogen functional groups attached to an aromatic ring is 1. The Morgan fingerprint density at radius 2 is 1.78 bits per heavy atom. The van der Waals surface area contributed by atoms with Gasteiger partial charge in [0, 0.05) is 11.1 Å². The minimum absolute atomic E-state index is 0.162. The van der Waals surface area contributed by atoms with E-state index in [0.717, 1.165) is 17.0 Å². The van der Waals surface area contributed by atoms with Gasteiger partial charge in [0.25, 0.3) is 0 Å². The molecule has 1 aromatic carbocycles. The van der Waals surface area contributed by atoms with Crippen LogP contribution >= 0.6 is 0 Å². The van der Waals surface area contributed by atoms with Crippen molar-refractivity contribution in [1.29, 1.82) is 0 Å². The zero-order valence-corrected chi connectivity index (χ0v) is 10.6. The molecule has 18 heavy (non-hydrogen) atoms. The number of methoxy groups -OCH3 is 1. The second-order valence-corrected chi connectivity index (χ2v) is 4.01. The third kappa shape index (κ3) is 2.07. The van der Waals surface area contributed by atoms with Crippen molar-refractivity contribution in [2.24, 2.45) is 0 Å². The van der Waals surface area contributed by atoms with Crippen LogP contribution in [0.4, 0.5) is 5.95 Å². The number of anilines is 1. The lowest BCUT2D eigenvalue weighted by atomic mass is 10.0. The molecule has 0 radical (unpaired) electrons. The molecule has 0 saturated carbocycles. The number of nitrogens with two attached hydrogens (primary N) is 1. The van der Waals surface area contributed by atoms with Gasteiger partial charge in [-0.2, -0.15) is 0 Å². The summed E-state index contributed by atoms with van der Waals surface area (Å²) in [5, 5.41) is 9.96. The number of rotatable bonds is 2. The monoisotopic (exact) mass is 245 g/mol. The SMILES string of the molecule is COc1ccc(O)c(-c2c(C)nc(N)nc2C)c1. The molecule has 0 spiro atoms. The fourth-order valence-electron chi connectivity index (χ4n) is 1.97. The van der Waals surface area contributed by atoms with E-state index in [4.69, 9.17) is 10.5 Å². The molecule has 94 valence electrons. The number of benzene rings is 1. The molecular formula is C13H15N3O2. The van der Waals surface area contributed by atoms with Gasteiger partial charge in [0.2, 0.25) is 5.95 Å². The molecule has 0 fully saturated rings. The number of aromatic nitrogens is 2. The van der Waals surface area contributed by atoms with Crippen molar-refractivity contribution in [2.75, 3.05) is 12.8 Å². The zero-order valence-electron chi connectivity index (χ0n) is 10.6. The molecule has 0 unspecified atom stereocenters. The molecule has 0 aliphatic rings. The van der Waals surface area contributed by atoms with Crippen molar-refractivity contribution in [3.05, 3.63) is 29.6 Å². The van der Waals surface area contributed by atoms with Crippen LogP contribution in [-0.4, -0.2) is 22.2 Å². The van der Waals surface area contributed by atoms with Gasteiger partial charge in [-0.3, -0.25) is 0 Å². The standard InChI is InChI=1S/C13H15N3O2/c1-7-12(8(2)16-13(14)15-7)10-6-9(18-3)4-5-11(10)17/h4-6,17H,1-3H3,(H2,14,15,16). The summed E-state index contributed by atoms with van der Waals surface area (Å²) in [5.41, 5.74) is 8.46. The van der Waals surface area contributed by atoms with Crippen LogP contribution in [0.1, 0.15) is 11.4 Å². The molecule has 2 rings (SSSR count). The van der Waals surface area contributed by atoms with Crippen LogP contribution in [0.25, 0.3) is 11.1 Å². The van der Waals surface area contributed by atoms with Gasteiger partial charge in [-0.1, -0.05) is 0 Å². The van der Waals surface area contributed by atoms with Crippen molar-refractivity contribution >= 4 is 5.95 Å². The van der Waals surface area contributed by atoms with Crippen molar-refractivity contribution in [3.8, 4) is 22.6 Å². The highest BCUT2D eigenvalue weighted by Crippen LogP contribution is 2.35. The highest BCUT2D eigenvalue weighted by molar-refractivity contribution is 5.75. The van der Waals surface area contributed by atoms with Gasteiger partial charge in [-0.15, -0.1) is 0 Å². The Morgan fingerprint density at radius 1 is 1.17 bits per heavy atom. The Balaban J connectivity index is 2.68. The van der Waals surface area contributed by atoms with Gasteiger partial charge in [0.15, 0.2) is 0 Å². The number of hydrogen-bond donors (Lipinski definition) is 2. The molecule has 0 atom stereocenters. The number of aromatic hydroxyl groups is 1. The van der Waals surface area contributed by atoms with Crippen molar-refractivity contribution in [3.63, 3.8) is 0 Å². The Labute approximate surface area is 105 Å². The first-order valence-corrected chi connectivity index (χ1v) is 5.51. The minimum atomic E-state index is 0.162. The van der Waals surface area contributed by atoms with Crippen molar-refractivity contribution in [2.45, 2.75) is 13.8 Å². The summed E-state index contributed by atoms with van der Waals surface area (Å²) >= 11 is 0. The molecule has 5 nitrogen and oxygen atoms in total. The lowest BCUT2D eigenvalue weighted by Crippen LogP contribution is -2.02. The first-order chi connectivity index (χ1) is 8.52. The van der Waals surface area contributed by atoms with Gasteiger partial charge in [0.05, 0.1) is 18.5 Å². The van der Waals surface area contributed by atoms with Crippen LogP contribution in [-0.2, 0) is 0 Å². The maximum Gasteiger partial charge on any atom is 0.220 e. The number of hydrogen-bond acceptors (Lipinski definition) is 5.